The van der Waals surface area contributed by atoms with Crippen molar-refractivity contribution in [1.29, 1.82) is 0 Å². The molecule has 0 saturated heterocycles. The lowest BCUT2D eigenvalue weighted by molar-refractivity contribution is -0.116. The van der Waals surface area contributed by atoms with Gasteiger partial charge in [0.05, 0.1) is 13.7 Å². The first-order valence-electron chi connectivity index (χ1n) is 8.35. The van der Waals surface area contributed by atoms with Crippen LogP contribution in [0, 0.1) is 0 Å². The fourth-order valence-corrected chi connectivity index (χ4v) is 2.68. The maximum atomic E-state index is 12.4. The predicted molar refractivity (Wildman–Crippen MR) is 102 cm³/mol. The van der Waals surface area contributed by atoms with Crippen LogP contribution in [-0.2, 0) is 17.9 Å². The Hall–Kier alpha value is -3.61. The summed E-state index contributed by atoms with van der Waals surface area (Å²) in [5.74, 6) is 0.251. The molecule has 0 bridgehead atoms. The second-order valence-electron chi connectivity index (χ2n) is 5.89. The molecule has 2 aromatic carbocycles. The van der Waals surface area contributed by atoms with Crippen molar-refractivity contribution in [1.82, 2.24) is 9.13 Å². The van der Waals surface area contributed by atoms with E-state index in [2.05, 4.69) is 5.32 Å². The summed E-state index contributed by atoms with van der Waals surface area (Å²) < 4.78 is 7.66. The molecule has 7 nitrogen and oxygen atoms in total. The van der Waals surface area contributed by atoms with E-state index in [9.17, 15) is 14.4 Å². The zero-order valence-corrected chi connectivity index (χ0v) is 14.8. The molecule has 3 rings (SSSR count). The molecule has 0 aliphatic heterocycles. The number of nitrogens with zero attached hydrogens (tertiary/aromatic N) is 2. The molecule has 0 saturated carbocycles. The lowest BCUT2D eigenvalue weighted by atomic mass is 10.2. The average Bonchev–Trinajstić information content (AvgIpc) is 2.69. The molecule has 27 heavy (non-hydrogen) atoms. The van der Waals surface area contributed by atoms with E-state index >= 15 is 0 Å². The van der Waals surface area contributed by atoms with Crippen molar-refractivity contribution in [2.24, 2.45) is 0 Å². The predicted octanol–water partition coefficient (Wildman–Crippen LogP) is 1.71. The number of anilines is 1. The van der Waals surface area contributed by atoms with Crippen LogP contribution in [0.25, 0.3) is 0 Å². The highest BCUT2D eigenvalue weighted by Gasteiger charge is 2.11. The molecular weight excluding hydrogens is 346 g/mol. The van der Waals surface area contributed by atoms with E-state index in [0.29, 0.717) is 11.4 Å². The van der Waals surface area contributed by atoms with Gasteiger partial charge in [-0.1, -0.05) is 36.4 Å². The molecule has 1 N–H and O–H groups in total. The Balaban J connectivity index is 1.78. The second kappa shape index (κ2) is 8.18. The number of hydrogen-bond acceptors (Lipinski definition) is 4. The summed E-state index contributed by atoms with van der Waals surface area (Å²) >= 11 is 0. The number of benzene rings is 2. The number of rotatable bonds is 6. The van der Waals surface area contributed by atoms with Crippen LogP contribution in [-0.4, -0.2) is 22.2 Å². The van der Waals surface area contributed by atoms with Gasteiger partial charge in [-0.2, -0.15) is 0 Å². The molecule has 3 aromatic rings. The molecule has 0 spiro atoms. The summed E-state index contributed by atoms with van der Waals surface area (Å²) in [5.41, 5.74) is -0.0485. The van der Waals surface area contributed by atoms with Crippen LogP contribution in [0.5, 0.6) is 5.75 Å². The van der Waals surface area contributed by atoms with E-state index in [1.807, 2.05) is 24.3 Å². The maximum absolute atomic E-state index is 12.4. The molecule has 0 aliphatic rings. The summed E-state index contributed by atoms with van der Waals surface area (Å²) in [7, 11) is 1.55. The van der Waals surface area contributed by atoms with Gasteiger partial charge >= 0.3 is 11.1 Å². The lowest BCUT2D eigenvalue weighted by Crippen LogP contribution is -2.42. The van der Waals surface area contributed by atoms with E-state index in [-0.39, 0.29) is 19.0 Å². The first-order chi connectivity index (χ1) is 13.1. The second-order valence-corrected chi connectivity index (χ2v) is 5.89. The Morgan fingerprint density at radius 2 is 1.56 bits per heavy atom. The Bertz CT molecular complexity index is 1050. The fraction of sp³-hybridized carbons (Fsp3) is 0.150. The molecule has 1 heterocycles. The van der Waals surface area contributed by atoms with E-state index in [1.165, 1.54) is 17.0 Å². The maximum Gasteiger partial charge on any atom is 0.316 e. The third kappa shape index (κ3) is 4.33. The zero-order chi connectivity index (χ0) is 19.2. The summed E-state index contributed by atoms with van der Waals surface area (Å²) in [4.78, 5) is 36.8. The van der Waals surface area contributed by atoms with Crippen molar-refractivity contribution in [3.8, 4) is 5.75 Å². The largest absolute Gasteiger partial charge is 0.496 e. The number of methoxy groups -OCH3 is 1. The summed E-state index contributed by atoms with van der Waals surface area (Å²) in [5, 5.41) is 2.68. The number of ether oxygens (including phenoxy) is 1. The Kier molecular flexibility index (Phi) is 5.51. The highest BCUT2D eigenvalue weighted by Crippen LogP contribution is 2.17. The number of hydrogen-bond donors (Lipinski definition) is 1. The number of carbonyl (C=O) groups is 1. The molecule has 1 aromatic heterocycles. The van der Waals surface area contributed by atoms with Crippen molar-refractivity contribution in [3.05, 3.63) is 93.3 Å². The third-order valence-electron chi connectivity index (χ3n) is 4.04. The minimum atomic E-state index is -0.754. The van der Waals surface area contributed by atoms with Crippen LogP contribution in [0.15, 0.2) is 76.6 Å². The van der Waals surface area contributed by atoms with Gasteiger partial charge in [0.2, 0.25) is 5.91 Å². The number of carbonyl (C=O) groups excluding carboxylic acids is 1. The molecular formula is C20H19N3O4. The van der Waals surface area contributed by atoms with Gasteiger partial charge in [-0.05, 0) is 18.2 Å². The third-order valence-corrected chi connectivity index (χ3v) is 4.04. The molecule has 7 heteroatoms. The monoisotopic (exact) mass is 365 g/mol. The molecule has 0 aliphatic carbocycles. The van der Waals surface area contributed by atoms with Gasteiger partial charge in [0, 0.05) is 23.6 Å². The van der Waals surface area contributed by atoms with Crippen molar-refractivity contribution < 1.29 is 9.53 Å². The van der Waals surface area contributed by atoms with Gasteiger partial charge in [0.15, 0.2) is 0 Å². The van der Waals surface area contributed by atoms with Crippen molar-refractivity contribution >= 4 is 11.6 Å². The van der Waals surface area contributed by atoms with Crippen molar-refractivity contribution in [3.63, 3.8) is 0 Å². The molecule has 0 fully saturated rings. The Morgan fingerprint density at radius 3 is 2.30 bits per heavy atom. The average molecular weight is 365 g/mol. The van der Waals surface area contributed by atoms with Crippen LogP contribution < -0.4 is 21.2 Å². The first-order valence-corrected chi connectivity index (χ1v) is 8.35. The van der Waals surface area contributed by atoms with E-state index in [4.69, 9.17) is 4.74 Å². The number of nitrogens with one attached hydrogen (secondary N) is 1. The number of amides is 1. The van der Waals surface area contributed by atoms with Crippen LogP contribution in [0.4, 0.5) is 5.69 Å². The summed E-state index contributed by atoms with van der Waals surface area (Å²) in [6.45, 7) is -0.0341. The summed E-state index contributed by atoms with van der Waals surface area (Å²) in [6, 6.07) is 16.2. The minimum absolute atomic E-state index is 0.204. The van der Waals surface area contributed by atoms with Crippen LogP contribution >= 0.6 is 0 Å². The topological polar surface area (TPSA) is 82.3 Å². The van der Waals surface area contributed by atoms with E-state index in [1.54, 1.807) is 37.4 Å². The van der Waals surface area contributed by atoms with Gasteiger partial charge < -0.3 is 14.6 Å². The quantitative estimate of drug-likeness (QED) is 0.674. The number of aromatic nitrogens is 2. The number of para-hydroxylation sites is 2. The Morgan fingerprint density at radius 1 is 0.926 bits per heavy atom. The van der Waals surface area contributed by atoms with Gasteiger partial charge in [0.25, 0.3) is 0 Å². The Labute approximate surface area is 155 Å². The van der Waals surface area contributed by atoms with E-state index < -0.39 is 11.1 Å². The molecule has 0 radical (unpaired) electrons. The van der Waals surface area contributed by atoms with Crippen molar-refractivity contribution in [2.75, 3.05) is 12.4 Å². The molecule has 138 valence electrons. The minimum Gasteiger partial charge on any atom is -0.496 e. The highest BCUT2D eigenvalue weighted by atomic mass is 16.5. The SMILES string of the molecule is COc1ccccc1Cn1ccn(CC(=O)Nc2ccccc2)c(=O)c1=O. The van der Waals surface area contributed by atoms with Crippen LogP contribution in [0.3, 0.4) is 0 Å². The standard InChI is InChI=1S/C20H19N3O4/c1-27-17-10-6-5-7-15(17)13-22-11-12-23(20(26)19(22)25)14-18(24)21-16-8-3-2-4-9-16/h2-12H,13-14H2,1H3,(H,21,24). The smallest absolute Gasteiger partial charge is 0.316 e. The van der Waals surface area contributed by atoms with Gasteiger partial charge in [-0.3, -0.25) is 19.0 Å². The van der Waals surface area contributed by atoms with Crippen LogP contribution in [0.1, 0.15) is 5.56 Å². The van der Waals surface area contributed by atoms with Gasteiger partial charge in [-0.25, -0.2) is 0 Å². The van der Waals surface area contributed by atoms with Gasteiger partial charge in [-0.15, -0.1) is 0 Å². The lowest BCUT2D eigenvalue weighted by Gasteiger charge is -2.11. The fourth-order valence-electron chi connectivity index (χ4n) is 2.68. The van der Waals surface area contributed by atoms with Crippen molar-refractivity contribution in [2.45, 2.75) is 13.1 Å². The zero-order valence-electron chi connectivity index (χ0n) is 14.8. The normalized spacial score (nSPS) is 10.4. The first kappa shape index (κ1) is 18.2. The molecule has 0 atom stereocenters. The summed E-state index contributed by atoms with van der Waals surface area (Å²) in [6.07, 6.45) is 2.93. The van der Waals surface area contributed by atoms with E-state index in [0.717, 1.165) is 10.1 Å². The molecule has 1 amide bonds. The van der Waals surface area contributed by atoms with Crippen LogP contribution in [0.2, 0.25) is 0 Å². The highest BCUT2D eigenvalue weighted by molar-refractivity contribution is 5.90. The van der Waals surface area contributed by atoms with Gasteiger partial charge in [0.1, 0.15) is 12.3 Å². The molecule has 0 unspecified atom stereocenters.